The molecule has 1 unspecified atom stereocenters. The summed E-state index contributed by atoms with van der Waals surface area (Å²) >= 11 is 0. The first-order valence-corrected chi connectivity index (χ1v) is 8.16. The molecule has 1 aromatic carbocycles. The molecule has 1 amide bonds. The van der Waals surface area contributed by atoms with Gasteiger partial charge in [0.1, 0.15) is 5.69 Å². The fourth-order valence-corrected chi connectivity index (χ4v) is 2.29. The molecule has 0 bridgehead atoms. The van der Waals surface area contributed by atoms with Crippen molar-refractivity contribution < 1.29 is 9.53 Å². The lowest BCUT2D eigenvalue weighted by Gasteiger charge is -2.27. The van der Waals surface area contributed by atoms with Crippen molar-refractivity contribution in [2.75, 3.05) is 32.2 Å². The van der Waals surface area contributed by atoms with Gasteiger partial charge in [0, 0.05) is 38.5 Å². The lowest BCUT2D eigenvalue weighted by atomic mass is 10.2. The van der Waals surface area contributed by atoms with Gasteiger partial charge in [0.2, 0.25) is 0 Å². The third-order valence-electron chi connectivity index (χ3n) is 3.99. The largest absolute Gasteiger partial charge is 0.383 e. The number of para-hydroxylation sites is 1. The van der Waals surface area contributed by atoms with E-state index in [0.29, 0.717) is 19.7 Å². The molecule has 0 aliphatic rings. The molecule has 0 spiro atoms. The Hall–Kier alpha value is -2.67. The molecule has 134 valence electrons. The van der Waals surface area contributed by atoms with Crippen LogP contribution in [0.1, 0.15) is 17.4 Å². The molecule has 1 N–H and O–H groups in total. The van der Waals surface area contributed by atoms with Crippen molar-refractivity contribution in [1.82, 2.24) is 15.1 Å². The fourth-order valence-electron chi connectivity index (χ4n) is 2.29. The normalized spacial score (nSPS) is 11.8. The van der Waals surface area contributed by atoms with Crippen LogP contribution in [0.15, 0.2) is 47.3 Å². The second kappa shape index (κ2) is 8.98. The van der Waals surface area contributed by atoms with Gasteiger partial charge in [-0.3, -0.25) is 9.59 Å². The second-order valence-corrected chi connectivity index (χ2v) is 5.78. The Labute approximate surface area is 147 Å². The molecule has 25 heavy (non-hydrogen) atoms. The monoisotopic (exact) mass is 344 g/mol. The predicted octanol–water partition coefficient (Wildman–Crippen LogP) is 1.14. The van der Waals surface area contributed by atoms with Crippen LogP contribution in [0, 0.1) is 0 Å². The van der Waals surface area contributed by atoms with Crippen molar-refractivity contribution in [1.29, 1.82) is 0 Å². The number of hydrogen-bond acceptors (Lipinski definition) is 5. The van der Waals surface area contributed by atoms with Crippen molar-refractivity contribution in [3.8, 4) is 0 Å². The van der Waals surface area contributed by atoms with Crippen molar-refractivity contribution >= 4 is 11.6 Å². The SMILES string of the molecule is COCCn1nc(C(=O)NCC(C)N(C)c2ccccc2)ccc1=O. The Morgan fingerprint density at radius 3 is 2.68 bits per heavy atom. The number of amides is 1. The van der Waals surface area contributed by atoms with Gasteiger partial charge in [-0.15, -0.1) is 0 Å². The van der Waals surface area contributed by atoms with Crippen LogP contribution >= 0.6 is 0 Å². The average molecular weight is 344 g/mol. The van der Waals surface area contributed by atoms with Gasteiger partial charge in [-0.1, -0.05) is 18.2 Å². The first-order chi connectivity index (χ1) is 12.0. The Balaban J connectivity index is 1.96. The minimum atomic E-state index is -0.306. The maximum Gasteiger partial charge on any atom is 0.271 e. The third kappa shape index (κ3) is 5.15. The summed E-state index contributed by atoms with van der Waals surface area (Å²) in [6.45, 7) is 3.16. The van der Waals surface area contributed by atoms with E-state index in [1.54, 1.807) is 7.11 Å². The van der Waals surface area contributed by atoms with Crippen LogP contribution in [0.5, 0.6) is 0 Å². The van der Waals surface area contributed by atoms with Crippen LogP contribution in [0.3, 0.4) is 0 Å². The Morgan fingerprint density at radius 2 is 2.00 bits per heavy atom. The van der Waals surface area contributed by atoms with E-state index in [-0.39, 0.29) is 23.2 Å². The molecule has 0 aliphatic heterocycles. The number of benzene rings is 1. The Kier molecular flexibility index (Phi) is 6.71. The summed E-state index contributed by atoms with van der Waals surface area (Å²) in [6.07, 6.45) is 0. The van der Waals surface area contributed by atoms with Crippen molar-refractivity contribution in [3.63, 3.8) is 0 Å². The molecular formula is C18H24N4O3. The van der Waals surface area contributed by atoms with Gasteiger partial charge >= 0.3 is 0 Å². The number of methoxy groups -OCH3 is 1. The number of aromatic nitrogens is 2. The van der Waals surface area contributed by atoms with Gasteiger partial charge in [0.25, 0.3) is 11.5 Å². The first kappa shape index (κ1) is 18.7. The minimum Gasteiger partial charge on any atom is -0.383 e. The van der Waals surface area contributed by atoms with Crippen LogP contribution < -0.4 is 15.8 Å². The highest BCUT2D eigenvalue weighted by Crippen LogP contribution is 2.13. The van der Waals surface area contributed by atoms with E-state index in [9.17, 15) is 9.59 Å². The average Bonchev–Trinajstić information content (AvgIpc) is 2.65. The second-order valence-electron chi connectivity index (χ2n) is 5.78. The van der Waals surface area contributed by atoms with E-state index in [1.807, 2.05) is 44.3 Å². The van der Waals surface area contributed by atoms with Gasteiger partial charge in [-0.05, 0) is 25.1 Å². The van der Waals surface area contributed by atoms with E-state index in [0.717, 1.165) is 5.69 Å². The Morgan fingerprint density at radius 1 is 1.28 bits per heavy atom. The number of nitrogens with one attached hydrogen (secondary N) is 1. The smallest absolute Gasteiger partial charge is 0.271 e. The first-order valence-electron chi connectivity index (χ1n) is 8.16. The number of ether oxygens (including phenoxy) is 1. The zero-order valence-electron chi connectivity index (χ0n) is 14.8. The van der Waals surface area contributed by atoms with Gasteiger partial charge in [0.15, 0.2) is 0 Å². The van der Waals surface area contributed by atoms with Gasteiger partial charge in [0.05, 0.1) is 13.2 Å². The number of anilines is 1. The highest BCUT2D eigenvalue weighted by molar-refractivity contribution is 5.92. The molecule has 1 atom stereocenters. The van der Waals surface area contributed by atoms with E-state index >= 15 is 0 Å². The summed E-state index contributed by atoms with van der Waals surface area (Å²) in [5.41, 5.74) is 1.03. The molecule has 0 fully saturated rings. The molecular weight excluding hydrogens is 320 g/mol. The van der Waals surface area contributed by atoms with Gasteiger partial charge in [-0.2, -0.15) is 5.10 Å². The van der Waals surface area contributed by atoms with E-state index in [2.05, 4.69) is 15.3 Å². The van der Waals surface area contributed by atoms with Gasteiger partial charge < -0.3 is 15.0 Å². The number of nitrogens with zero attached hydrogens (tertiary/aromatic N) is 3. The predicted molar refractivity (Wildman–Crippen MR) is 97.0 cm³/mol. The van der Waals surface area contributed by atoms with E-state index in [1.165, 1.54) is 16.8 Å². The molecule has 0 aliphatic carbocycles. The third-order valence-corrected chi connectivity index (χ3v) is 3.99. The summed E-state index contributed by atoms with van der Waals surface area (Å²) < 4.78 is 6.18. The standard InChI is InChI=1S/C18H24N4O3/c1-14(21(2)15-7-5-4-6-8-15)13-19-18(24)16-9-10-17(23)22(20-16)11-12-25-3/h4-10,14H,11-13H2,1-3H3,(H,19,24). The zero-order valence-corrected chi connectivity index (χ0v) is 14.8. The summed E-state index contributed by atoms with van der Waals surface area (Å²) in [5.74, 6) is -0.306. The molecule has 0 radical (unpaired) electrons. The summed E-state index contributed by atoms with van der Waals surface area (Å²) in [6, 6.07) is 12.8. The number of hydrogen-bond donors (Lipinski definition) is 1. The van der Waals surface area contributed by atoms with Crippen LogP contribution in [-0.4, -0.2) is 49.0 Å². The Bertz CT molecular complexity index is 745. The molecule has 2 aromatic rings. The maximum atomic E-state index is 12.3. The highest BCUT2D eigenvalue weighted by atomic mass is 16.5. The number of likely N-dealkylation sites (N-methyl/N-ethyl adjacent to an activating group) is 1. The van der Waals surface area contributed by atoms with Crippen molar-refractivity contribution in [2.45, 2.75) is 19.5 Å². The summed E-state index contributed by atoms with van der Waals surface area (Å²) in [5, 5.41) is 6.95. The molecule has 0 saturated carbocycles. The molecule has 1 heterocycles. The van der Waals surface area contributed by atoms with Crippen LogP contribution in [0.25, 0.3) is 0 Å². The molecule has 2 rings (SSSR count). The van der Waals surface area contributed by atoms with Crippen LogP contribution in [-0.2, 0) is 11.3 Å². The molecule has 7 heteroatoms. The lowest BCUT2D eigenvalue weighted by Crippen LogP contribution is -2.41. The van der Waals surface area contributed by atoms with E-state index in [4.69, 9.17) is 4.74 Å². The topological polar surface area (TPSA) is 76.5 Å². The van der Waals surface area contributed by atoms with Crippen LogP contribution in [0.4, 0.5) is 5.69 Å². The molecule has 0 saturated heterocycles. The highest BCUT2D eigenvalue weighted by Gasteiger charge is 2.14. The van der Waals surface area contributed by atoms with Gasteiger partial charge in [-0.25, -0.2) is 4.68 Å². The van der Waals surface area contributed by atoms with E-state index < -0.39 is 0 Å². The van der Waals surface area contributed by atoms with Crippen molar-refractivity contribution in [3.05, 3.63) is 58.5 Å². The number of carbonyl (C=O) groups is 1. The lowest BCUT2D eigenvalue weighted by molar-refractivity contribution is 0.0943. The quantitative estimate of drug-likeness (QED) is 0.777. The van der Waals surface area contributed by atoms with Crippen molar-refractivity contribution in [2.24, 2.45) is 0 Å². The number of rotatable bonds is 8. The zero-order chi connectivity index (χ0) is 18.2. The minimum absolute atomic E-state index is 0.103. The van der Waals surface area contributed by atoms with Crippen LogP contribution in [0.2, 0.25) is 0 Å². The molecule has 1 aromatic heterocycles. The number of carbonyl (C=O) groups excluding carboxylic acids is 1. The maximum absolute atomic E-state index is 12.3. The summed E-state index contributed by atoms with van der Waals surface area (Å²) in [7, 11) is 3.53. The molecule has 7 nitrogen and oxygen atoms in total. The fraction of sp³-hybridized carbons (Fsp3) is 0.389. The summed E-state index contributed by atoms with van der Waals surface area (Å²) in [4.78, 5) is 26.1.